The molecule has 1 heterocycles. The van der Waals surface area contributed by atoms with Gasteiger partial charge in [0.05, 0.1) is 19.0 Å². The molecule has 6 heteroatoms. The number of ether oxygens (including phenoxy) is 3. The lowest BCUT2D eigenvalue weighted by atomic mass is 10.1. The van der Waals surface area contributed by atoms with Gasteiger partial charge in [-0.1, -0.05) is 39.2 Å². The zero-order valence-electron chi connectivity index (χ0n) is 19.4. The van der Waals surface area contributed by atoms with E-state index >= 15 is 0 Å². The van der Waals surface area contributed by atoms with Crippen LogP contribution in [0.25, 0.3) is 11.4 Å². The van der Waals surface area contributed by atoms with Crippen LogP contribution in [0.4, 0.5) is 0 Å². The quantitative estimate of drug-likeness (QED) is 0.135. The number of benzene rings is 1. The molecule has 1 aromatic carbocycles. The molecule has 0 saturated heterocycles. The first-order valence-electron chi connectivity index (χ1n) is 11.7. The van der Waals surface area contributed by atoms with Gasteiger partial charge in [-0.15, -0.1) is 0 Å². The smallest absolute Gasteiger partial charge is 0.335 e. The summed E-state index contributed by atoms with van der Waals surface area (Å²) in [5, 5.41) is 0. The van der Waals surface area contributed by atoms with Gasteiger partial charge in [0.25, 0.3) is 0 Å². The summed E-state index contributed by atoms with van der Waals surface area (Å²) < 4.78 is 16.5. The fourth-order valence-electron chi connectivity index (χ4n) is 2.97. The van der Waals surface area contributed by atoms with Gasteiger partial charge in [-0.05, 0) is 56.4 Å². The van der Waals surface area contributed by atoms with Crippen molar-refractivity contribution < 1.29 is 19.0 Å². The number of carbonyl (C=O) groups is 1. The van der Waals surface area contributed by atoms with Crippen LogP contribution in [-0.4, -0.2) is 35.8 Å². The van der Waals surface area contributed by atoms with Gasteiger partial charge in [-0.2, -0.15) is 0 Å². The molecule has 6 nitrogen and oxygen atoms in total. The molecule has 0 radical (unpaired) electrons. The first-order chi connectivity index (χ1) is 15.7. The van der Waals surface area contributed by atoms with E-state index in [4.69, 9.17) is 14.2 Å². The summed E-state index contributed by atoms with van der Waals surface area (Å²) in [7, 11) is 0. The predicted octanol–water partition coefficient (Wildman–Crippen LogP) is 6.16. The SMILES string of the molecule is CCCCCC/C=C/C(=O)Oc1ccc(-c2ncc(OCCCCOCCC)cn2)cc1. The summed E-state index contributed by atoms with van der Waals surface area (Å²) in [5.41, 5.74) is 0.843. The van der Waals surface area contributed by atoms with Gasteiger partial charge in [0, 0.05) is 24.9 Å². The molecule has 0 aliphatic heterocycles. The molecule has 2 rings (SSSR count). The Morgan fingerprint density at radius 2 is 1.59 bits per heavy atom. The molecule has 0 bridgehead atoms. The first kappa shape index (κ1) is 25.5. The third-order valence-corrected chi connectivity index (χ3v) is 4.74. The minimum Gasteiger partial charge on any atom is -0.490 e. The Kier molecular flexibility index (Phi) is 12.7. The number of hydrogen-bond donors (Lipinski definition) is 0. The summed E-state index contributed by atoms with van der Waals surface area (Å²) in [5.74, 6) is 1.38. The zero-order valence-corrected chi connectivity index (χ0v) is 19.4. The second-order valence-corrected chi connectivity index (χ2v) is 7.61. The summed E-state index contributed by atoms with van der Waals surface area (Å²) >= 11 is 0. The van der Waals surface area contributed by atoms with Crippen LogP contribution in [0, 0.1) is 0 Å². The van der Waals surface area contributed by atoms with Gasteiger partial charge in [0.15, 0.2) is 11.6 Å². The Balaban J connectivity index is 1.72. The van der Waals surface area contributed by atoms with E-state index in [0.29, 0.717) is 23.9 Å². The molecule has 0 N–H and O–H groups in total. The van der Waals surface area contributed by atoms with Crippen molar-refractivity contribution in [3.63, 3.8) is 0 Å². The van der Waals surface area contributed by atoms with E-state index in [0.717, 1.165) is 50.9 Å². The highest BCUT2D eigenvalue weighted by Gasteiger charge is 2.05. The molecule has 174 valence electrons. The molecule has 2 aromatic rings. The second kappa shape index (κ2) is 16.0. The maximum atomic E-state index is 11.9. The Labute approximate surface area is 192 Å². The highest BCUT2D eigenvalue weighted by atomic mass is 16.5. The predicted molar refractivity (Wildman–Crippen MR) is 127 cm³/mol. The van der Waals surface area contributed by atoms with Crippen LogP contribution in [0.3, 0.4) is 0 Å². The lowest BCUT2D eigenvalue weighted by molar-refractivity contribution is -0.129. The first-order valence-corrected chi connectivity index (χ1v) is 11.7. The van der Waals surface area contributed by atoms with E-state index < -0.39 is 0 Å². The van der Waals surface area contributed by atoms with Crippen LogP contribution in [0.15, 0.2) is 48.8 Å². The Morgan fingerprint density at radius 3 is 2.31 bits per heavy atom. The topological polar surface area (TPSA) is 70.5 Å². The molecular weight excluding hydrogens is 404 g/mol. The molecule has 0 aliphatic carbocycles. The van der Waals surface area contributed by atoms with Gasteiger partial charge in [-0.25, -0.2) is 14.8 Å². The molecule has 1 aromatic heterocycles. The second-order valence-electron chi connectivity index (χ2n) is 7.61. The minimum atomic E-state index is -0.358. The normalized spacial score (nSPS) is 11.1. The number of unbranched alkanes of at least 4 members (excludes halogenated alkanes) is 5. The third-order valence-electron chi connectivity index (χ3n) is 4.74. The minimum absolute atomic E-state index is 0.358. The molecule has 0 spiro atoms. The Bertz CT molecular complexity index is 788. The van der Waals surface area contributed by atoms with Gasteiger partial charge < -0.3 is 14.2 Å². The van der Waals surface area contributed by atoms with Gasteiger partial charge in [0.2, 0.25) is 0 Å². The number of aromatic nitrogens is 2. The average molecular weight is 441 g/mol. The van der Waals surface area contributed by atoms with E-state index in [2.05, 4.69) is 23.8 Å². The number of carbonyl (C=O) groups excluding carboxylic acids is 1. The fourth-order valence-corrected chi connectivity index (χ4v) is 2.97. The fraction of sp³-hybridized carbons (Fsp3) is 0.500. The Morgan fingerprint density at radius 1 is 0.844 bits per heavy atom. The van der Waals surface area contributed by atoms with Crippen LogP contribution < -0.4 is 9.47 Å². The average Bonchev–Trinajstić information content (AvgIpc) is 2.82. The van der Waals surface area contributed by atoms with E-state index in [9.17, 15) is 4.79 Å². The van der Waals surface area contributed by atoms with E-state index in [1.807, 2.05) is 18.2 Å². The summed E-state index contributed by atoms with van der Waals surface area (Å²) in [6.07, 6.45) is 15.3. The van der Waals surface area contributed by atoms with Crippen molar-refractivity contribution >= 4 is 5.97 Å². The Hall–Kier alpha value is -2.73. The van der Waals surface area contributed by atoms with E-state index in [1.165, 1.54) is 25.3 Å². The molecule has 32 heavy (non-hydrogen) atoms. The van der Waals surface area contributed by atoms with Crippen molar-refractivity contribution in [3.05, 3.63) is 48.8 Å². The van der Waals surface area contributed by atoms with Crippen molar-refractivity contribution in [1.82, 2.24) is 9.97 Å². The van der Waals surface area contributed by atoms with Crippen molar-refractivity contribution in [3.8, 4) is 22.9 Å². The number of esters is 1. The number of hydrogen-bond acceptors (Lipinski definition) is 6. The van der Waals surface area contributed by atoms with Crippen LogP contribution >= 0.6 is 0 Å². The number of nitrogens with zero attached hydrogens (tertiary/aromatic N) is 2. The van der Waals surface area contributed by atoms with Crippen molar-refractivity contribution in [2.24, 2.45) is 0 Å². The number of rotatable bonds is 16. The maximum Gasteiger partial charge on any atom is 0.335 e. The maximum absolute atomic E-state index is 11.9. The van der Waals surface area contributed by atoms with Crippen LogP contribution in [0.5, 0.6) is 11.5 Å². The third kappa shape index (κ3) is 10.5. The highest BCUT2D eigenvalue weighted by molar-refractivity contribution is 5.84. The van der Waals surface area contributed by atoms with Crippen LogP contribution in [0.1, 0.15) is 65.2 Å². The zero-order chi connectivity index (χ0) is 22.9. The lowest BCUT2D eigenvalue weighted by Crippen LogP contribution is -2.03. The van der Waals surface area contributed by atoms with E-state index in [1.54, 1.807) is 24.5 Å². The number of allylic oxidation sites excluding steroid dienone is 1. The molecule has 0 amide bonds. The largest absolute Gasteiger partial charge is 0.490 e. The molecule has 0 aliphatic rings. The monoisotopic (exact) mass is 440 g/mol. The van der Waals surface area contributed by atoms with Crippen LogP contribution in [-0.2, 0) is 9.53 Å². The molecular formula is C26H36N2O4. The van der Waals surface area contributed by atoms with E-state index in [-0.39, 0.29) is 5.97 Å². The molecule has 0 atom stereocenters. The standard InChI is InChI=1S/C26H36N2O4/c1-3-5-6-7-8-9-12-25(29)32-23-15-13-22(14-16-23)26-27-20-24(21-28-26)31-19-11-10-18-30-17-4-2/h9,12-16,20-21H,3-8,10-11,17-19H2,1-2H3/b12-9+. The van der Waals surface area contributed by atoms with Crippen molar-refractivity contribution in [1.29, 1.82) is 0 Å². The summed E-state index contributed by atoms with van der Waals surface area (Å²) in [6.45, 7) is 6.49. The summed E-state index contributed by atoms with van der Waals surface area (Å²) in [4.78, 5) is 20.7. The van der Waals surface area contributed by atoms with Gasteiger partial charge >= 0.3 is 5.97 Å². The molecule has 0 saturated carbocycles. The van der Waals surface area contributed by atoms with Gasteiger partial charge in [-0.3, -0.25) is 0 Å². The van der Waals surface area contributed by atoms with Crippen molar-refractivity contribution in [2.45, 2.75) is 65.2 Å². The van der Waals surface area contributed by atoms with Crippen LogP contribution in [0.2, 0.25) is 0 Å². The highest BCUT2D eigenvalue weighted by Crippen LogP contribution is 2.20. The van der Waals surface area contributed by atoms with Gasteiger partial charge in [0.1, 0.15) is 5.75 Å². The summed E-state index contributed by atoms with van der Waals surface area (Å²) in [6, 6.07) is 7.17. The molecule has 0 unspecified atom stereocenters. The van der Waals surface area contributed by atoms with Crippen molar-refractivity contribution in [2.75, 3.05) is 19.8 Å². The lowest BCUT2D eigenvalue weighted by Gasteiger charge is -2.07. The molecule has 0 fully saturated rings.